The van der Waals surface area contributed by atoms with Crippen molar-refractivity contribution in [2.75, 3.05) is 5.73 Å². The lowest BCUT2D eigenvalue weighted by atomic mass is 10.1. The number of carbonyl (C=O) groups is 1. The van der Waals surface area contributed by atoms with Crippen LogP contribution in [-0.2, 0) is 6.42 Å². The van der Waals surface area contributed by atoms with Gasteiger partial charge in [-0.2, -0.15) is 4.98 Å². The van der Waals surface area contributed by atoms with Crippen LogP contribution in [0.2, 0.25) is 5.02 Å². The molecule has 1 heterocycles. The van der Waals surface area contributed by atoms with E-state index in [0.29, 0.717) is 16.4 Å². The highest BCUT2D eigenvalue weighted by molar-refractivity contribution is 6.30. The van der Waals surface area contributed by atoms with Gasteiger partial charge in [-0.1, -0.05) is 11.6 Å². The summed E-state index contributed by atoms with van der Waals surface area (Å²) in [6, 6.07) is 6.68. The van der Waals surface area contributed by atoms with Crippen molar-refractivity contribution < 1.29 is 4.79 Å². The van der Waals surface area contributed by atoms with Crippen LogP contribution in [-0.4, -0.2) is 21.0 Å². The number of nitrogens with two attached hydrogens (primary N) is 1. The molecule has 5 nitrogen and oxygen atoms in total. The molecule has 0 aliphatic carbocycles. The van der Waals surface area contributed by atoms with Crippen molar-refractivity contribution in [2.45, 2.75) is 6.42 Å². The van der Waals surface area contributed by atoms with Crippen molar-refractivity contribution in [2.24, 2.45) is 0 Å². The number of ketones is 1. The van der Waals surface area contributed by atoms with Crippen LogP contribution < -0.4 is 5.73 Å². The number of aromatic nitrogens is 3. The first-order valence-corrected chi connectivity index (χ1v) is 4.98. The molecule has 2 rings (SSSR count). The van der Waals surface area contributed by atoms with Crippen molar-refractivity contribution in [3.05, 3.63) is 40.7 Å². The summed E-state index contributed by atoms with van der Waals surface area (Å²) < 4.78 is 0. The first-order chi connectivity index (χ1) is 7.65. The summed E-state index contributed by atoms with van der Waals surface area (Å²) in [5, 5.41) is 6.83. The Labute approximate surface area is 96.6 Å². The molecule has 0 unspecified atom stereocenters. The third kappa shape index (κ3) is 2.38. The zero-order chi connectivity index (χ0) is 11.5. The van der Waals surface area contributed by atoms with Gasteiger partial charge in [-0.15, -0.1) is 5.10 Å². The largest absolute Gasteiger partial charge is 0.367 e. The smallest absolute Gasteiger partial charge is 0.239 e. The Hall–Kier alpha value is -1.88. The predicted molar refractivity (Wildman–Crippen MR) is 60.3 cm³/mol. The lowest BCUT2D eigenvalue weighted by molar-refractivity contribution is 0.0991. The minimum Gasteiger partial charge on any atom is -0.367 e. The van der Waals surface area contributed by atoms with Gasteiger partial charge in [-0.25, -0.2) is 0 Å². The summed E-state index contributed by atoms with van der Waals surface area (Å²) >= 11 is 5.72. The minimum atomic E-state index is -0.0622. The van der Waals surface area contributed by atoms with Crippen LogP contribution >= 0.6 is 11.6 Å². The number of hydrogen-bond acceptors (Lipinski definition) is 4. The maximum absolute atomic E-state index is 11.8. The van der Waals surface area contributed by atoms with E-state index in [0.717, 1.165) is 0 Å². The van der Waals surface area contributed by atoms with Crippen molar-refractivity contribution in [1.29, 1.82) is 0 Å². The van der Waals surface area contributed by atoms with E-state index in [2.05, 4.69) is 15.2 Å². The number of hydrogen-bond donors (Lipinski definition) is 2. The summed E-state index contributed by atoms with van der Waals surface area (Å²) in [7, 11) is 0. The Morgan fingerprint density at radius 3 is 2.62 bits per heavy atom. The lowest BCUT2D eigenvalue weighted by Gasteiger charge is -1.98. The van der Waals surface area contributed by atoms with Crippen LogP contribution in [0.15, 0.2) is 24.3 Å². The van der Waals surface area contributed by atoms with Gasteiger partial charge < -0.3 is 5.73 Å². The summed E-state index contributed by atoms with van der Waals surface area (Å²) in [6.07, 6.45) is 0.145. The normalized spacial score (nSPS) is 10.3. The number of H-pyrrole nitrogens is 1. The van der Waals surface area contributed by atoms with Crippen molar-refractivity contribution in [3.8, 4) is 0 Å². The average molecular weight is 237 g/mol. The average Bonchev–Trinajstić information content (AvgIpc) is 2.65. The quantitative estimate of drug-likeness (QED) is 0.791. The Bertz CT molecular complexity index is 506. The molecule has 0 saturated heterocycles. The molecular weight excluding hydrogens is 228 g/mol. The van der Waals surface area contributed by atoms with Gasteiger partial charge in [0.05, 0.1) is 6.42 Å². The number of aromatic amines is 1. The fourth-order valence-corrected chi connectivity index (χ4v) is 1.41. The Kier molecular flexibility index (Phi) is 2.87. The fraction of sp³-hybridized carbons (Fsp3) is 0.100. The molecule has 6 heteroatoms. The standard InChI is InChI=1S/C10H9ClN4O/c11-7-3-1-6(2-4-7)8(16)5-9-13-10(12)15-14-9/h1-4H,5H2,(H3,12,13,14,15). The third-order valence-electron chi connectivity index (χ3n) is 2.04. The Balaban J connectivity index is 2.11. The van der Waals surface area contributed by atoms with Crippen LogP contribution in [0.4, 0.5) is 5.95 Å². The maximum atomic E-state index is 11.8. The molecule has 0 saturated carbocycles. The summed E-state index contributed by atoms with van der Waals surface area (Å²) in [6.45, 7) is 0. The number of benzene rings is 1. The minimum absolute atomic E-state index is 0.0622. The molecule has 82 valence electrons. The molecule has 1 aromatic carbocycles. The van der Waals surface area contributed by atoms with Gasteiger partial charge in [-0.3, -0.25) is 9.89 Å². The second kappa shape index (κ2) is 4.32. The van der Waals surface area contributed by atoms with Crippen LogP contribution in [0.1, 0.15) is 16.2 Å². The van der Waals surface area contributed by atoms with E-state index in [1.54, 1.807) is 24.3 Å². The number of nitrogen functional groups attached to an aromatic ring is 1. The SMILES string of the molecule is Nc1n[nH]c(CC(=O)c2ccc(Cl)cc2)n1. The van der Waals surface area contributed by atoms with Gasteiger partial charge >= 0.3 is 0 Å². The summed E-state index contributed by atoms with van der Waals surface area (Å²) in [5.41, 5.74) is 5.91. The van der Waals surface area contributed by atoms with E-state index in [1.165, 1.54) is 0 Å². The molecule has 0 aliphatic rings. The van der Waals surface area contributed by atoms with Crippen molar-refractivity contribution in [1.82, 2.24) is 15.2 Å². The van der Waals surface area contributed by atoms with Crippen molar-refractivity contribution in [3.63, 3.8) is 0 Å². The zero-order valence-electron chi connectivity index (χ0n) is 8.27. The molecule has 3 N–H and O–H groups in total. The monoisotopic (exact) mass is 236 g/mol. The van der Waals surface area contributed by atoms with Gasteiger partial charge in [0, 0.05) is 10.6 Å². The fourth-order valence-electron chi connectivity index (χ4n) is 1.28. The number of anilines is 1. The molecule has 16 heavy (non-hydrogen) atoms. The highest BCUT2D eigenvalue weighted by Crippen LogP contribution is 2.11. The molecule has 0 spiro atoms. The Morgan fingerprint density at radius 2 is 2.06 bits per heavy atom. The van der Waals surface area contributed by atoms with Gasteiger partial charge in [0.2, 0.25) is 5.95 Å². The van der Waals surface area contributed by atoms with E-state index in [-0.39, 0.29) is 18.2 Å². The number of carbonyl (C=O) groups excluding carboxylic acids is 1. The van der Waals surface area contributed by atoms with Crippen molar-refractivity contribution >= 4 is 23.3 Å². The Morgan fingerprint density at radius 1 is 1.38 bits per heavy atom. The second-order valence-electron chi connectivity index (χ2n) is 3.25. The highest BCUT2D eigenvalue weighted by Gasteiger charge is 2.09. The lowest BCUT2D eigenvalue weighted by Crippen LogP contribution is -2.04. The molecule has 1 aromatic heterocycles. The van der Waals surface area contributed by atoms with E-state index >= 15 is 0 Å². The van der Waals surface area contributed by atoms with Gasteiger partial charge in [-0.05, 0) is 24.3 Å². The molecular formula is C10H9ClN4O. The van der Waals surface area contributed by atoms with Gasteiger partial charge in [0.15, 0.2) is 5.78 Å². The van der Waals surface area contributed by atoms with Crippen LogP contribution in [0.25, 0.3) is 0 Å². The molecule has 0 radical (unpaired) electrons. The predicted octanol–water partition coefficient (Wildman–Crippen LogP) is 1.47. The van der Waals surface area contributed by atoms with E-state index in [9.17, 15) is 4.79 Å². The van der Waals surface area contributed by atoms with Crippen LogP contribution in [0, 0.1) is 0 Å². The molecule has 0 fully saturated rings. The van der Waals surface area contributed by atoms with E-state index < -0.39 is 0 Å². The number of halogens is 1. The first-order valence-electron chi connectivity index (χ1n) is 4.60. The van der Waals surface area contributed by atoms with Crippen LogP contribution in [0.3, 0.4) is 0 Å². The molecule has 0 amide bonds. The molecule has 0 atom stereocenters. The third-order valence-corrected chi connectivity index (χ3v) is 2.30. The highest BCUT2D eigenvalue weighted by atomic mass is 35.5. The first kappa shape index (κ1) is 10.6. The van der Waals surface area contributed by atoms with Gasteiger partial charge in [0.25, 0.3) is 0 Å². The summed E-state index contributed by atoms with van der Waals surface area (Å²) in [5.74, 6) is 0.532. The number of nitrogens with zero attached hydrogens (tertiary/aromatic N) is 2. The number of nitrogens with one attached hydrogen (secondary N) is 1. The molecule has 0 aliphatic heterocycles. The molecule has 2 aromatic rings. The second-order valence-corrected chi connectivity index (χ2v) is 3.68. The van der Waals surface area contributed by atoms with E-state index in [1.807, 2.05) is 0 Å². The maximum Gasteiger partial charge on any atom is 0.239 e. The topological polar surface area (TPSA) is 84.7 Å². The molecule has 0 bridgehead atoms. The number of rotatable bonds is 3. The van der Waals surface area contributed by atoms with Gasteiger partial charge in [0.1, 0.15) is 5.82 Å². The number of Topliss-reactive ketones (excluding diaryl/α,β-unsaturated/α-hetero) is 1. The summed E-state index contributed by atoms with van der Waals surface area (Å²) in [4.78, 5) is 15.6. The van der Waals surface area contributed by atoms with Crippen LogP contribution in [0.5, 0.6) is 0 Å². The zero-order valence-corrected chi connectivity index (χ0v) is 9.03. The van der Waals surface area contributed by atoms with E-state index in [4.69, 9.17) is 17.3 Å².